The molecule has 106 valence electrons. The summed E-state index contributed by atoms with van der Waals surface area (Å²) >= 11 is 1.94. The zero-order valence-corrected chi connectivity index (χ0v) is 13.0. The number of thiophene rings is 1. The van der Waals surface area contributed by atoms with Gasteiger partial charge in [0.1, 0.15) is 0 Å². The number of nitrogens with zero attached hydrogens (tertiary/aromatic N) is 1. The first kappa shape index (κ1) is 13.8. The molecule has 1 saturated heterocycles. The molecule has 1 unspecified atom stereocenters. The van der Waals surface area contributed by atoms with Crippen LogP contribution < -0.4 is 5.32 Å². The Morgan fingerprint density at radius 1 is 1.25 bits per heavy atom. The monoisotopic (exact) mass is 286 g/mol. The fourth-order valence-corrected chi connectivity index (χ4v) is 3.95. The normalized spacial score (nSPS) is 20.2. The lowest BCUT2D eigenvalue weighted by atomic mass is 10.0. The SMILES string of the molecule is Cc1cc(CN2CCNCC2c2ccccc2)sc1C. The molecule has 20 heavy (non-hydrogen) atoms. The molecule has 0 bridgehead atoms. The van der Waals surface area contributed by atoms with Gasteiger partial charge in [-0.15, -0.1) is 11.3 Å². The van der Waals surface area contributed by atoms with Crippen molar-refractivity contribution in [3.05, 3.63) is 57.3 Å². The molecule has 3 rings (SSSR count). The maximum atomic E-state index is 3.53. The number of hydrogen-bond donors (Lipinski definition) is 1. The lowest BCUT2D eigenvalue weighted by molar-refractivity contribution is 0.155. The maximum absolute atomic E-state index is 3.53. The predicted octanol–water partition coefficient (Wildman–Crippen LogP) is 3.51. The third-order valence-corrected chi connectivity index (χ3v) is 5.25. The predicted molar refractivity (Wildman–Crippen MR) is 86.3 cm³/mol. The second-order valence-corrected chi connectivity index (χ2v) is 6.89. The third-order valence-electron chi connectivity index (χ3n) is 4.11. The molecule has 0 radical (unpaired) electrons. The standard InChI is InChI=1S/C17H22N2S/c1-13-10-16(20-14(13)2)12-19-9-8-18-11-17(19)15-6-4-3-5-7-15/h3-7,10,17-18H,8-9,11-12H2,1-2H3. The molecule has 0 amide bonds. The lowest BCUT2D eigenvalue weighted by Crippen LogP contribution is -2.45. The molecule has 1 aromatic carbocycles. The van der Waals surface area contributed by atoms with Crippen LogP contribution in [0.25, 0.3) is 0 Å². The summed E-state index contributed by atoms with van der Waals surface area (Å²) in [6.07, 6.45) is 0. The highest BCUT2D eigenvalue weighted by Crippen LogP contribution is 2.27. The van der Waals surface area contributed by atoms with Gasteiger partial charge in [0.05, 0.1) is 0 Å². The summed E-state index contributed by atoms with van der Waals surface area (Å²) < 4.78 is 0. The lowest BCUT2D eigenvalue weighted by Gasteiger charge is -2.36. The zero-order valence-electron chi connectivity index (χ0n) is 12.2. The Kier molecular flexibility index (Phi) is 4.20. The minimum absolute atomic E-state index is 0.493. The van der Waals surface area contributed by atoms with E-state index in [1.165, 1.54) is 20.9 Å². The van der Waals surface area contributed by atoms with Crippen LogP contribution in [0.2, 0.25) is 0 Å². The van der Waals surface area contributed by atoms with E-state index in [0.29, 0.717) is 6.04 Å². The van der Waals surface area contributed by atoms with Crippen molar-refractivity contribution in [2.45, 2.75) is 26.4 Å². The van der Waals surface area contributed by atoms with Gasteiger partial charge in [-0.2, -0.15) is 0 Å². The van der Waals surface area contributed by atoms with E-state index < -0.39 is 0 Å². The molecule has 1 fully saturated rings. The van der Waals surface area contributed by atoms with Crippen LogP contribution in [-0.4, -0.2) is 24.5 Å². The van der Waals surface area contributed by atoms with Gasteiger partial charge < -0.3 is 5.32 Å². The zero-order chi connectivity index (χ0) is 13.9. The fourth-order valence-electron chi connectivity index (χ4n) is 2.87. The average molecular weight is 286 g/mol. The van der Waals surface area contributed by atoms with Gasteiger partial charge >= 0.3 is 0 Å². The van der Waals surface area contributed by atoms with Crippen LogP contribution in [0.15, 0.2) is 36.4 Å². The highest BCUT2D eigenvalue weighted by Gasteiger charge is 2.24. The number of hydrogen-bond acceptors (Lipinski definition) is 3. The summed E-state index contributed by atoms with van der Waals surface area (Å²) in [6, 6.07) is 13.7. The van der Waals surface area contributed by atoms with Crippen molar-refractivity contribution >= 4 is 11.3 Å². The van der Waals surface area contributed by atoms with Crippen molar-refractivity contribution in [3.8, 4) is 0 Å². The van der Waals surface area contributed by atoms with E-state index >= 15 is 0 Å². The van der Waals surface area contributed by atoms with Crippen LogP contribution in [0.5, 0.6) is 0 Å². The molecule has 0 aliphatic carbocycles. The van der Waals surface area contributed by atoms with Gasteiger partial charge in [-0.25, -0.2) is 0 Å². The van der Waals surface area contributed by atoms with E-state index in [0.717, 1.165) is 26.2 Å². The van der Waals surface area contributed by atoms with Crippen molar-refractivity contribution in [2.24, 2.45) is 0 Å². The fraction of sp³-hybridized carbons (Fsp3) is 0.412. The van der Waals surface area contributed by atoms with E-state index in [4.69, 9.17) is 0 Å². The Balaban J connectivity index is 1.79. The van der Waals surface area contributed by atoms with Crippen LogP contribution in [0, 0.1) is 13.8 Å². The molecule has 1 atom stereocenters. The van der Waals surface area contributed by atoms with Crippen LogP contribution in [0.3, 0.4) is 0 Å². The number of rotatable bonds is 3. The van der Waals surface area contributed by atoms with Crippen molar-refractivity contribution in [1.29, 1.82) is 0 Å². The molecule has 2 aromatic rings. The first-order valence-corrected chi connectivity index (χ1v) is 8.11. The quantitative estimate of drug-likeness (QED) is 0.929. The van der Waals surface area contributed by atoms with E-state index in [-0.39, 0.29) is 0 Å². The number of aryl methyl sites for hydroxylation is 2. The Labute approximate surface area is 125 Å². The molecule has 2 heterocycles. The van der Waals surface area contributed by atoms with Crippen molar-refractivity contribution in [2.75, 3.05) is 19.6 Å². The summed E-state index contributed by atoms with van der Waals surface area (Å²) in [7, 11) is 0. The van der Waals surface area contributed by atoms with Gasteiger partial charge in [-0.3, -0.25) is 4.90 Å². The second kappa shape index (κ2) is 6.08. The van der Waals surface area contributed by atoms with Crippen molar-refractivity contribution in [3.63, 3.8) is 0 Å². The molecule has 0 saturated carbocycles. The summed E-state index contributed by atoms with van der Waals surface area (Å²) in [5.41, 5.74) is 2.85. The molecule has 2 nitrogen and oxygen atoms in total. The molecule has 3 heteroatoms. The first-order chi connectivity index (χ1) is 9.74. The van der Waals surface area contributed by atoms with E-state index in [9.17, 15) is 0 Å². The molecule has 1 N–H and O–H groups in total. The van der Waals surface area contributed by atoms with Crippen LogP contribution in [0.1, 0.15) is 26.9 Å². The Morgan fingerprint density at radius 2 is 2.05 bits per heavy atom. The number of piperazine rings is 1. The highest BCUT2D eigenvalue weighted by molar-refractivity contribution is 7.12. The molecular formula is C17H22N2S. The smallest absolute Gasteiger partial charge is 0.0477 e. The number of nitrogens with one attached hydrogen (secondary N) is 1. The first-order valence-electron chi connectivity index (χ1n) is 7.29. The molecule has 0 spiro atoms. The third kappa shape index (κ3) is 2.95. The number of benzene rings is 1. The van der Waals surface area contributed by atoms with Gasteiger partial charge in [0.2, 0.25) is 0 Å². The highest BCUT2D eigenvalue weighted by atomic mass is 32.1. The Hall–Kier alpha value is -1.16. The molecule has 1 aliphatic heterocycles. The van der Waals surface area contributed by atoms with Crippen molar-refractivity contribution < 1.29 is 0 Å². The second-order valence-electron chi connectivity index (χ2n) is 5.55. The van der Waals surface area contributed by atoms with Crippen LogP contribution in [0.4, 0.5) is 0 Å². The summed E-state index contributed by atoms with van der Waals surface area (Å²) in [5.74, 6) is 0. The van der Waals surface area contributed by atoms with Gasteiger partial charge in [-0.05, 0) is 31.0 Å². The average Bonchev–Trinajstić information content (AvgIpc) is 2.79. The maximum Gasteiger partial charge on any atom is 0.0477 e. The summed E-state index contributed by atoms with van der Waals surface area (Å²) in [5, 5.41) is 3.53. The summed E-state index contributed by atoms with van der Waals surface area (Å²) in [4.78, 5) is 5.55. The van der Waals surface area contributed by atoms with E-state index in [1.807, 2.05) is 11.3 Å². The minimum atomic E-state index is 0.493. The van der Waals surface area contributed by atoms with Gasteiger partial charge in [0, 0.05) is 42.0 Å². The topological polar surface area (TPSA) is 15.3 Å². The van der Waals surface area contributed by atoms with Gasteiger partial charge in [0.25, 0.3) is 0 Å². The van der Waals surface area contributed by atoms with Gasteiger partial charge in [0.15, 0.2) is 0 Å². The molecular weight excluding hydrogens is 264 g/mol. The molecule has 1 aliphatic rings. The molecule has 1 aromatic heterocycles. The Bertz CT molecular complexity index is 542. The van der Waals surface area contributed by atoms with Crippen molar-refractivity contribution in [1.82, 2.24) is 10.2 Å². The van der Waals surface area contributed by atoms with Crippen LogP contribution in [-0.2, 0) is 6.54 Å². The van der Waals surface area contributed by atoms with Crippen LogP contribution >= 0.6 is 11.3 Å². The van der Waals surface area contributed by atoms with Gasteiger partial charge in [-0.1, -0.05) is 30.3 Å². The summed E-state index contributed by atoms with van der Waals surface area (Å²) in [6.45, 7) is 8.76. The van der Waals surface area contributed by atoms with E-state index in [1.54, 1.807) is 0 Å². The minimum Gasteiger partial charge on any atom is -0.314 e. The Morgan fingerprint density at radius 3 is 2.75 bits per heavy atom. The largest absolute Gasteiger partial charge is 0.314 e. The van der Waals surface area contributed by atoms with E-state index in [2.05, 4.69) is 60.5 Å².